The van der Waals surface area contributed by atoms with Gasteiger partial charge in [0.2, 0.25) is 0 Å². The molecule has 0 aromatic heterocycles. The van der Waals surface area contributed by atoms with Crippen LogP contribution >= 0.6 is 0 Å². The number of nitrogens with zero attached hydrogens (tertiary/aromatic N) is 2. The van der Waals surface area contributed by atoms with Gasteiger partial charge in [-0.25, -0.2) is 0 Å². The Morgan fingerprint density at radius 3 is 2.72 bits per heavy atom. The van der Waals surface area contributed by atoms with Gasteiger partial charge in [-0.3, -0.25) is 0 Å². The van der Waals surface area contributed by atoms with Crippen LogP contribution in [-0.2, 0) is 4.74 Å². The van der Waals surface area contributed by atoms with Gasteiger partial charge in [0.05, 0.1) is 25.2 Å². The van der Waals surface area contributed by atoms with Gasteiger partial charge < -0.3 is 15.0 Å². The van der Waals surface area contributed by atoms with E-state index in [1.54, 1.807) is 0 Å². The van der Waals surface area contributed by atoms with Gasteiger partial charge in [0.25, 0.3) is 0 Å². The molecule has 2 unspecified atom stereocenters. The second-order valence-electron chi connectivity index (χ2n) is 5.35. The van der Waals surface area contributed by atoms with E-state index in [1.807, 2.05) is 14.1 Å². The van der Waals surface area contributed by atoms with Crippen molar-refractivity contribution in [3.05, 3.63) is 0 Å². The SMILES string of the molecule is CN(C)CCOCCNC1CCCCCC1C#N. The molecule has 0 spiro atoms. The van der Waals surface area contributed by atoms with Crippen molar-refractivity contribution in [1.29, 1.82) is 5.26 Å². The zero-order valence-corrected chi connectivity index (χ0v) is 11.8. The summed E-state index contributed by atoms with van der Waals surface area (Å²) in [5, 5.41) is 12.7. The lowest BCUT2D eigenvalue weighted by Gasteiger charge is -2.21. The number of ether oxygens (including phenoxy) is 1. The Hall–Kier alpha value is -0.630. The first-order valence-corrected chi connectivity index (χ1v) is 7.09. The third-order valence-corrected chi connectivity index (χ3v) is 3.52. The average Bonchev–Trinajstić information content (AvgIpc) is 2.58. The van der Waals surface area contributed by atoms with Crippen molar-refractivity contribution in [2.45, 2.75) is 38.1 Å². The van der Waals surface area contributed by atoms with Crippen LogP contribution < -0.4 is 5.32 Å². The van der Waals surface area contributed by atoms with Gasteiger partial charge >= 0.3 is 0 Å². The van der Waals surface area contributed by atoms with Gasteiger partial charge in [0, 0.05) is 19.1 Å². The third kappa shape index (κ3) is 6.34. The van der Waals surface area contributed by atoms with Crippen LogP contribution in [0.3, 0.4) is 0 Å². The molecule has 0 saturated heterocycles. The van der Waals surface area contributed by atoms with Crippen LogP contribution in [0.1, 0.15) is 32.1 Å². The van der Waals surface area contributed by atoms with E-state index < -0.39 is 0 Å². The van der Waals surface area contributed by atoms with Crippen molar-refractivity contribution in [2.24, 2.45) is 5.92 Å². The quantitative estimate of drug-likeness (QED) is 0.553. The highest BCUT2D eigenvalue weighted by Crippen LogP contribution is 2.22. The van der Waals surface area contributed by atoms with Crippen molar-refractivity contribution in [1.82, 2.24) is 10.2 Å². The standard InChI is InChI=1S/C14H27N3O/c1-17(2)9-11-18-10-8-16-14-7-5-3-4-6-13(14)12-15/h13-14,16H,3-11H2,1-2H3. The molecule has 0 aromatic carbocycles. The van der Waals surface area contributed by atoms with Gasteiger partial charge in [0.15, 0.2) is 0 Å². The summed E-state index contributed by atoms with van der Waals surface area (Å²) in [4.78, 5) is 2.12. The summed E-state index contributed by atoms with van der Waals surface area (Å²) < 4.78 is 5.55. The number of nitrogens with one attached hydrogen (secondary N) is 1. The van der Waals surface area contributed by atoms with E-state index in [2.05, 4.69) is 16.3 Å². The molecule has 4 heteroatoms. The normalized spacial score (nSPS) is 24.8. The molecule has 2 atom stereocenters. The fraction of sp³-hybridized carbons (Fsp3) is 0.929. The van der Waals surface area contributed by atoms with Crippen LogP contribution in [0.25, 0.3) is 0 Å². The highest BCUT2D eigenvalue weighted by molar-refractivity contribution is 4.93. The molecule has 1 N–H and O–H groups in total. The van der Waals surface area contributed by atoms with Crippen LogP contribution in [0, 0.1) is 17.2 Å². The lowest BCUT2D eigenvalue weighted by atomic mass is 9.96. The average molecular weight is 253 g/mol. The van der Waals surface area contributed by atoms with E-state index in [9.17, 15) is 0 Å². The van der Waals surface area contributed by atoms with Crippen LogP contribution in [0.2, 0.25) is 0 Å². The highest BCUT2D eigenvalue weighted by atomic mass is 16.5. The zero-order valence-electron chi connectivity index (χ0n) is 11.8. The van der Waals surface area contributed by atoms with E-state index in [0.29, 0.717) is 6.04 Å². The minimum Gasteiger partial charge on any atom is -0.379 e. The second kappa shape index (κ2) is 9.32. The smallest absolute Gasteiger partial charge is 0.0672 e. The fourth-order valence-electron chi connectivity index (χ4n) is 2.37. The molecule has 104 valence electrons. The molecule has 0 aromatic rings. The van der Waals surface area contributed by atoms with Crippen LogP contribution in [-0.4, -0.2) is 51.3 Å². The Morgan fingerprint density at radius 1 is 1.22 bits per heavy atom. The van der Waals surface area contributed by atoms with E-state index in [-0.39, 0.29) is 5.92 Å². The molecular weight excluding hydrogens is 226 g/mol. The first-order valence-electron chi connectivity index (χ1n) is 7.09. The number of nitriles is 1. The van der Waals surface area contributed by atoms with Gasteiger partial charge in [-0.05, 0) is 26.9 Å². The van der Waals surface area contributed by atoms with Crippen LogP contribution in [0.15, 0.2) is 0 Å². The van der Waals surface area contributed by atoms with Crippen molar-refractivity contribution < 1.29 is 4.74 Å². The molecule has 18 heavy (non-hydrogen) atoms. The summed E-state index contributed by atoms with van der Waals surface area (Å²) in [5.41, 5.74) is 0. The number of likely N-dealkylation sites (N-methyl/N-ethyl adjacent to an activating group) is 1. The maximum Gasteiger partial charge on any atom is 0.0672 e. The van der Waals surface area contributed by atoms with Gasteiger partial charge in [0.1, 0.15) is 0 Å². The minimum atomic E-state index is 0.189. The van der Waals surface area contributed by atoms with E-state index in [4.69, 9.17) is 10.00 Å². The number of hydrogen-bond donors (Lipinski definition) is 1. The van der Waals surface area contributed by atoms with Crippen molar-refractivity contribution in [3.63, 3.8) is 0 Å². The fourth-order valence-corrected chi connectivity index (χ4v) is 2.37. The summed E-state index contributed by atoms with van der Waals surface area (Å²) >= 11 is 0. The molecule has 1 rings (SSSR count). The largest absolute Gasteiger partial charge is 0.379 e. The molecule has 0 amide bonds. The van der Waals surface area contributed by atoms with Crippen molar-refractivity contribution in [3.8, 4) is 6.07 Å². The van der Waals surface area contributed by atoms with Crippen molar-refractivity contribution in [2.75, 3.05) is 40.4 Å². The monoisotopic (exact) mass is 253 g/mol. The molecule has 1 aliphatic rings. The predicted molar refractivity (Wildman–Crippen MR) is 73.4 cm³/mol. The van der Waals surface area contributed by atoms with Gasteiger partial charge in [-0.2, -0.15) is 5.26 Å². The summed E-state index contributed by atoms with van der Waals surface area (Å²) in [7, 11) is 4.09. The molecule has 0 bridgehead atoms. The van der Waals surface area contributed by atoms with Gasteiger partial charge in [-0.15, -0.1) is 0 Å². The van der Waals surface area contributed by atoms with Crippen molar-refractivity contribution >= 4 is 0 Å². The van der Waals surface area contributed by atoms with Crippen LogP contribution in [0.4, 0.5) is 0 Å². The molecule has 1 fully saturated rings. The Kier molecular flexibility index (Phi) is 7.99. The Labute approximate surface area is 111 Å². The van der Waals surface area contributed by atoms with E-state index >= 15 is 0 Å². The first-order chi connectivity index (χ1) is 8.74. The summed E-state index contributed by atoms with van der Waals surface area (Å²) in [5.74, 6) is 0.189. The van der Waals surface area contributed by atoms with Gasteiger partial charge in [-0.1, -0.05) is 19.3 Å². The summed E-state index contributed by atoms with van der Waals surface area (Å²) in [6.45, 7) is 3.34. The van der Waals surface area contributed by atoms with E-state index in [0.717, 1.165) is 39.1 Å². The minimum absolute atomic E-state index is 0.189. The predicted octanol–water partition coefficient (Wildman–Crippen LogP) is 1.63. The lowest BCUT2D eigenvalue weighted by Crippen LogP contribution is -2.37. The maximum atomic E-state index is 9.16. The molecule has 0 radical (unpaired) electrons. The third-order valence-electron chi connectivity index (χ3n) is 3.52. The zero-order chi connectivity index (χ0) is 13.2. The molecule has 1 aliphatic carbocycles. The highest BCUT2D eigenvalue weighted by Gasteiger charge is 2.22. The maximum absolute atomic E-state index is 9.16. The van der Waals surface area contributed by atoms with E-state index in [1.165, 1.54) is 19.3 Å². The summed E-state index contributed by atoms with van der Waals surface area (Å²) in [6.07, 6.45) is 5.91. The Balaban J connectivity index is 2.11. The number of rotatable bonds is 7. The lowest BCUT2D eigenvalue weighted by molar-refractivity contribution is 0.116. The van der Waals surface area contributed by atoms with Crippen LogP contribution in [0.5, 0.6) is 0 Å². The first kappa shape index (κ1) is 15.4. The Morgan fingerprint density at radius 2 is 2.00 bits per heavy atom. The summed E-state index contributed by atoms with van der Waals surface area (Å²) in [6, 6.07) is 2.82. The second-order valence-corrected chi connectivity index (χ2v) is 5.35. The molecule has 0 heterocycles. The molecule has 4 nitrogen and oxygen atoms in total. The Bertz CT molecular complexity index is 250. The molecular formula is C14H27N3O. The topological polar surface area (TPSA) is 48.3 Å². The molecule has 1 saturated carbocycles. The number of hydrogen-bond acceptors (Lipinski definition) is 4. The molecule has 0 aliphatic heterocycles.